The Morgan fingerprint density at radius 1 is 0.952 bits per heavy atom. The SMILES string of the molecule is CC(O)C(=O)[O-].CCc1ccccc1C(Cn1cc[n+](CC(=O)c2ccc(OC(C)C)cc2)c1)Oc1ccc(N)cc1. The van der Waals surface area contributed by atoms with Gasteiger partial charge in [0.1, 0.15) is 30.4 Å². The van der Waals surface area contributed by atoms with Crippen molar-refractivity contribution < 1.29 is 33.8 Å². The van der Waals surface area contributed by atoms with Gasteiger partial charge in [-0.3, -0.25) is 4.79 Å². The van der Waals surface area contributed by atoms with Gasteiger partial charge in [0, 0.05) is 11.3 Å². The molecule has 9 heteroatoms. The molecule has 4 aromatic rings. The van der Waals surface area contributed by atoms with E-state index < -0.39 is 12.1 Å². The molecule has 4 rings (SSSR count). The number of ether oxygens (including phenoxy) is 2. The number of aromatic nitrogens is 2. The Morgan fingerprint density at radius 3 is 2.14 bits per heavy atom. The zero-order valence-corrected chi connectivity index (χ0v) is 24.5. The quantitative estimate of drug-likeness (QED) is 0.151. The molecule has 3 N–H and O–H groups in total. The Balaban J connectivity index is 0.000000730. The maximum atomic E-state index is 12.8. The first-order chi connectivity index (χ1) is 20.0. The zero-order valence-electron chi connectivity index (χ0n) is 24.5. The van der Waals surface area contributed by atoms with Crippen LogP contribution in [0.15, 0.2) is 91.5 Å². The number of Topliss-reactive ketones (excluding diaryl/α,β-unsaturated/α-hetero) is 1. The number of rotatable bonds is 12. The highest BCUT2D eigenvalue weighted by Gasteiger charge is 2.21. The number of hydrogen-bond donors (Lipinski definition) is 2. The van der Waals surface area contributed by atoms with Gasteiger partial charge < -0.3 is 30.2 Å². The summed E-state index contributed by atoms with van der Waals surface area (Å²) in [6.07, 6.45) is 5.31. The van der Waals surface area contributed by atoms with Gasteiger partial charge in [0.05, 0.1) is 18.2 Å². The van der Waals surface area contributed by atoms with Gasteiger partial charge in [-0.1, -0.05) is 31.2 Å². The summed E-state index contributed by atoms with van der Waals surface area (Å²) in [6, 6.07) is 23.1. The standard InChI is InChI=1S/C30H34N3O3.C3H6O3/c1-4-23-7-5-6-8-28(23)30(36-27-15-11-25(31)12-16-27)20-33-18-17-32(21-33)19-29(34)24-9-13-26(14-10-24)35-22(2)3;1-2(4)3(5)6/h5-18,21-22,30H,4,19-20,31H2,1-3H3;2,4H,1H3,(H,5,6)/q+1;/p-1. The van der Waals surface area contributed by atoms with Crippen molar-refractivity contribution in [1.29, 1.82) is 0 Å². The molecule has 1 aromatic heterocycles. The number of nitrogens with zero attached hydrogens (tertiary/aromatic N) is 2. The number of nitrogen functional groups attached to an aromatic ring is 1. The van der Waals surface area contributed by atoms with E-state index in [1.165, 1.54) is 5.56 Å². The minimum atomic E-state index is -1.44. The number of aryl methyl sites for hydroxylation is 1. The summed E-state index contributed by atoms with van der Waals surface area (Å²) in [6.45, 7) is 8.10. The Labute approximate surface area is 246 Å². The summed E-state index contributed by atoms with van der Waals surface area (Å²) < 4.78 is 16.1. The first-order valence-corrected chi connectivity index (χ1v) is 13.9. The molecule has 1 heterocycles. The topological polar surface area (TPSA) is 131 Å². The third kappa shape index (κ3) is 9.78. The molecular formula is C33H39N3O6. The second kappa shape index (κ2) is 15.4. The van der Waals surface area contributed by atoms with Gasteiger partial charge in [-0.05, 0) is 86.8 Å². The van der Waals surface area contributed by atoms with E-state index in [1.54, 1.807) is 0 Å². The van der Waals surface area contributed by atoms with Gasteiger partial charge in [-0.25, -0.2) is 9.13 Å². The lowest BCUT2D eigenvalue weighted by atomic mass is 10.00. The average molecular weight is 574 g/mol. The van der Waals surface area contributed by atoms with Crippen molar-refractivity contribution in [3.63, 3.8) is 0 Å². The first kappa shape index (κ1) is 31.9. The van der Waals surface area contributed by atoms with Crippen LogP contribution >= 0.6 is 0 Å². The Kier molecular flexibility index (Phi) is 11.7. The fourth-order valence-electron chi connectivity index (χ4n) is 4.16. The van der Waals surface area contributed by atoms with Crippen LogP contribution in [0.25, 0.3) is 0 Å². The number of carboxylic acid groups (broad SMARTS) is 1. The molecule has 2 unspecified atom stereocenters. The van der Waals surface area contributed by atoms with E-state index in [-0.39, 0.29) is 24.5 Å². The molecule has 0 aliphatic carbocycles. The van der Waals surface area contributed by atoms with E-state index in [0.29, 0.717) is 17.8 Å². The lowest BCUT2D eigenvalue weighted by molar-refractivity contribution is -0.682. The number of carbonyl (C=O) groups is 2. The lowest BCUT2D eigenvalue weighted by Gasteiger charge is -2.20. The number of nitrogens with two attached hydrogens (primary N) is 1. The highest BCUT2D eigenvalue weighted by Crippen LogP contribution is 2.27. The van der Waals surface area contributed by atoms with E-state index in [9.17, 15) is 14.7 Å². The smallest absolute Gasteiger partial charge is 0.244 e. The lowest BCUT2D eigenvalue weighted by Crippen LogP contribution is -2.36. The number of hydrogen-bond acceptors (Lipinski definition) is 7. The maximum absolute atomic E-state index is 12.8. The fraction of sp³-hybridized carbons (Fsp3) is 0.303. The Bertz CT molecular complexity index is 1430. The molecule has 42 heavy (non-hydrogen) atoms. The van der Waals surface area contributed by atoms with Crippen molar-refractivity contribution >= 4 is 17.4 Å². The third-order valence-electron chi connectivity index (χ3n) is 6.28. The minimum Gasteiger partial charge on any atom is -0.547 e. The van der Waals surface area contributed by atoms with Crippen LogP contribution in [0.2, 0.25) is 0 Å². The number of aliphatic hydroxyl groups excluding tert-OH is 1. The molecule has 0 radical (unpaired) electrons. The van der Waals surface area contributed by atoms with Crippen molar-refractivity contribution in [3.05, 3.63) is 108 Å². The zero-order chi connectivity index (χ0) is 30.6. The number of ketones is 1. The number of benzene rings is 3. The van der Waals surface area contributed by atoms with Crippen molar-refractivity contribution in [2.24, 2.45) is 0 Å². The summed E-state index contributed by atoms with van der Waals surface area (Å²) in [4.78, 5) is 22.2. The predicted octanol–water partition coefficient (Wildman–Crippen LogP) is 3.53. The van der Waals surface area contributed by atoms with E-state index in [2.05, 4.69) is 29.7 Å². The van der Waals surface area contributed by atoms with Crippen molar-refractivity contribution in [2.45, 2.75) is 65.5 Å². The van der Waals surface area contributed by atoms with E-state index in [0.717, 1.165) is 30.4 Å². The van der Waals surface area contributed by atoms with Crippen LogP contribution in [0.5, 0.6) is 11.5 Å². The second-order valence-electron chi connectivity index (χ2n) is 10.1. The molecule has 222 valence electrons. The van der Waals surface area contributed by atoms with Crippen LogP contribution in [0.1, 0.15) is 55.3 Å². The molecule has 0 aliphatic rings. The van der Waals surface area contributed by atoms with Gasteiger partial charge in [-0.15, -0.1) is 0 Å². The van der Waals surface area contributed by atoms with Gasteiger partial charge in [0.2, 0.25) is 12.1 Å². The van der Waals surface area contributed by atoms with Gasteiger partial charge in [-0.2, -0.15) is 0 Å². The molecule has 3 aromatic carbocycles. The monoisotopic (exact) mass is 573 g/mol. The number of carboxylic acids is 1. The Hall–Kier alpha value is -4.63. The maximum Gasteiger partial charge on any atom is 0.244 e. The summed E-state index contributed by atoms with van der Waals surface area (Å²) in [7, 11) is 0. The van der Waals surface area contributed by atoms with Crippen LogP contribution in [0.3, 0.4) is 0 Å². The fourth-order valence-corrected chi connectivity index (χ4v) is 4.16. The molecule has 0 fully saturated rings. The second-order valence-corrected chi connectivity index (χ2v) is 10.1. The highest BCUT2D eigenvalue weighted by atomic mass is 16.5. The number of anilines is 1. The number of aliphatic carboxylic acids is 1. The van der Waals surface area contributed by atoms with Gasteiger partial charge in [0.15, 0.2) is 12.6 Å². The summed E-state index contributed by atoms with van der Waals surface area (Å²) in [5, 5.41) is 17.3. The van der Waals surface area contributed by atoms with Crippen LogP contribution in [0, 0.1) is 0 Å². The molecular weight excluding hydrogens is 534 g/mol. The van der Waals surface area contributed by atoms with Gasteiger partial charge in [0.25, 0.3) is 0 Å². The largest absolute Gasteiger partial charge is 0.547 e. The molecule has 2 atom stereocenters. The molecule has 0 aliphatic heterocycles. The number of aliphatic hydroxyl groups is 1. The molecule has 0 bridgehead atoms. The Morgan fingerprint density at radius 2 is 1.55 bits per heavy atom. The third-order valence-corrected chi connectivity index (χ3v) is 6.28. The van der Waals surface area contributed by atoms with Crippen molar-refractivity contribution in [3.8, 4) is 11.5 Å². The van der Waals surface area contributed by atoms with Crippen LogP contribution in [-0.2, 0) is 24.3 Å². The summed E-state index contributed by atoms with van der Waals surface area (Å²) in [5.41, 5.74) is 9.61. The van der Waals surface area contributed by atoms with Gasteiger partial charge >= 0.3 is 0 Å². The minimum absolute atomic E-state index is 0.0415. The van der Waals surface area contributed by atoms with Crippen LogP contribution in [0.4, 0.5) is 5.69 Å². The first-order valence-electron chi connectivity index (χ1n) is 13.9. The van der Waals surface area contributed by atoms with E-state index >= 15 is 0 Å². The molecule has 9 nitrogen and oxygen atoms in total. The van der Waals surface area contributed by atoms with Crippen LogP contribution < -0.4 is 24.9 Å². The molecule has 0 saturated carbocycles. The molecule has 0 spiro atoms. The predicted molar refractivity (Wildman–Crippen MR) is 158 cm³/mol. The average Bonchev–Trinajstić information content (AvgIpc) is 3.40. The normalized spacial score (nSPS) is 12.1. The van der Waals surface area contributed by atoms with Crippen molar-refractivity contribution in [2.75, 3.05) is 5.73 Å². The number of carbonyl (C=O) groups excluding carboxylic acids is 2. The molecule has 0 amide bonds. The van der Waals surface area contributed by atoms with Crippen LogP contribution in [-0.4, -0.2) is 33.6 Å². The number of imidazole rings is 1. The molecule has 0 saturated heterocycles. The summed E-state index contributed by atoms with van der Waals surface area (Å²) >= 11 is 0. The van der Waals surface area contributed by atoms with E-state index in [4.69, 9.17) is 20.3 Å². The summed E-state index contributed by atoms with van der Waals surface area (Å²) in [5.74, 6) is 0.134. The highest BCUT2D eigenvalue weighted by molar-refractivity contribution is 5.95. The van der Waals surface area contributed by atoms with Crippen molar-refractivity contribution in [1.82, 2.24) is 4.57 Å². The van der Waals surface area contributed by atoms with E-state index in [1.807, 2.05) is 91.7 Å².